The van der Waals surface area contributed by atoms with E-state index < -0.39 is 0 Å². The third kappa shape index (κ3) is 5.70. The van der Waals surface area contributed by atoms with Gasteiger partial charge in [0, 0.05) is 26.1 Å². The van der Waals surface area contributed by atoms with Gasteiger partial charge in [-0.2, -0.15) is 11.8 Å². The molecule has 0 spiro atoms. The molecule has 0 radical (unpaired) electrons. The van der Waals surface area contributed by atoms with Gasteiger partial charge in [-0.25, -0.2) is 4.39 Å². The molecule has 2 N–H and O–H groups in total. The lowest BCUT2D eigenvalue weighted by Crippen LogP contribution is -2.36. The van der Waals surface area contributed by atoms with Gasteiger partial charge in [-0.1, -0.05) is 6.07 Å². The lowest BCUT2D eigenvalue weighted by atomic mass is 10.1. The van der Waals surface area contributed by atoms with Gasteiger partial charge in [-0.15, -0.1) is 0 Å². The summed E-state index contributed by atoms with van der Waals surface area (Å²) in [5.41, 5.74) is 1.34. The summed E-state index contributed by atoms with van der Waals surface area (Å²) in [7, 11) is 0. The molecule has 1 saturated heterocycles. The van der Waals surface area contributed by atoms with Crippen LogP contribution in [0.1, 0.15) is 31.2 Å². The van der Waals surface area contributed by atoms with Crippen molar-refractivity contribution >= 4 is 23.4 Å². The summed E-state index contributed by atoms with van der Waals surface area (Å²) in [6.07, 6.45) is 4.47. The third-order valence-electron chi connectivity index (χ3n) is 4.06. The van der Waals surface area contributed by atoms with Crippen LogP contribution >= 0.6 is 11.8 Å². The summed E-state index contributed by atoms with van der Waals surface area (Å²) in [6.45, 7) is 1.70. The average molecular weight is 340 g/mol. The van der Waals surface area contributed by atoms with Gasteiger partial charge in [-0.05, 0) is 49.0 Å². The maximum absolute atomic E-state index is 14.3. The standard InChI is InChI=1S/C17H25FN2O2S/c1-23-10-2-3-17(22)19-12-13-4-5-16(15(18)11-13)20-8-6-14(21)7-9-20/h4-5,11,14,21H,2-3,6-10,12H2,1H3,(H,19,22). The lowest BCUT2D eigenvalue weighted by molar-refractivity contribution is -0.121. The predicted octanol–water partition coefficient (Wildman–Crippen LogP) is 2.55. The maximum atomic E-state index is 14.3. The normalized spacial score (nSPS) is 15.7. The SMILES string of the molecule is CSCCCC(=O)NCc1ccc(N2CCC(O)CC2)c(F)c1. The highest BCUT2D eigenvalue weighted by molar-refractivity contribution is 7.98. The Balaban J connectivity index is 1.85. The van der Waals surface area contributed by atoms with Crippen molar-refractivity contribution in [1.29, 1.82) is 0 Å². The van der Waals surface area contributed by atoms with E-state index in [2.05, 4.69) is 5.32 Å². The Labute approximate surface area is 141 Å². The molecule has 0 bridgehead atoms. The predicted molar refractivity (Wildman–Crippen MR) is 93.3 cm³/mol. The van der Waals surface area contributed by atoms with Gasteiger partial charge in [0.2, 0.25) is 5.91 Å². The van der Waals surface area contributed by atoms with Crippen molar-refractivity contribution in [2.75, 3.05) is 30.0 Å². The lowest BCUT2D eigenvalue weighted by Gasteiger charge is -2.31. The number of nitrogens with zero attached hydrogens (tertiary/aromatic N) is 1. The Morgan fingerprint density at radius 2 is 2.17 bits per heavy atom. The van der Waals surface area contributed by atoms with Crippen molar-refractivity contribution < 1.29 is 14.3 Å². The van der Waals surface area contributed by atoms with E-state index in [1.165, 1.54) is 6.07 Å². The molecule has 0 atom stereocenters. The van der Waals surface area contributed by atoms with Crippen molar-refractivity contribution in [3.8, 4) is 0 Å². The fourth-order valence-electron chi connectivity index (χ4n) is 2.69. The van der Waals surface area contributed by atoms with E-state index in [-0.39, 0.29) is 17.8 Å². The summed E-state index contributed by atoms with van der Waals surface area (Å²) >= 11 is 1.73. The van der Waals surface area contributed by atoms with Crippen LogP contribution in [-0.2, 0) is 11.3 Å². The van der Waals surface area contributed by atoms with Crippen molar-refractivity contribution in [1.82, 2.24) is 5.32 Å². The first-order valence-electron chi connectivity index (χ1n) is 8.07. The van der Waals surface area contributed by atoms with E-state index in [0.29, 0.717) is 44.6 Å². The van der Waals surface area contributed by atoms with Gasteiger partial charge in [0.15, 0.2) is 0 Å². The number of hydrogen-bond acceptors (Lipinski definition) is 4. The minimum absolute atomic E-state index is 0.00792. The second-order valence-electron chi connectivity index (χ2n) is 5.88. The zero-order chi connectivity index (χ0) is 16.7. The number of rotatable bonds is 7. The molecule has 1 aliphatic rings. The smallest absolute Gasteiger partial charge is 0.220 e. The Hall–Kier alpha value is -1.27. The van der Waals surface area contributed by atoms with Gasteiger partial charge in [0.25, 0.3) is 0 Å². The molecular weight excluding hydrogens is 315 g/mol. The molecule has 2 rings (SSSR count). The number of amides is 1. The molecule has 0 saturated carbocycles. The number of benzene rings is 1. The fourth-order valence-corrected chi connectivity index (χ4v) is 3.12. The number of anilines is 1. The number of thioether (sulfide) groups is 1. The first-order valence-corrected chi connectivity index (χ1v) is 9.46. The molecule has 1 aliphatic heterocycles. The van der Waals surface area contributed by atoms with Gasteiger partial charge >= 0.3 is 0 Å². The highest BCUT2D eigenvalue weighted by Crippen LogP contribution is 2.24. The van der Waals surface area contributed by atoms with E-state index in [9.17, 15) is 14.3 Å². The molecule has 23 heavy (non-hydrogen) atoms. The molecule has 1 fully saturated rings. The Morgan fingerprint density at radius 3 is 2.83 bits per heavy atom. The molecule has 1 amide bonds. The van der Waals surface area contributed by atoms with Crippen LogP contribution in [0, 0.1) is 5.82 Å². The van der Waals surface area contributed by atoms with Gasteiger partial charge in [-0.3, -0.25) is 4.79 Å². The van der Waals surface area contributed by atoms with Crippen LogP contribution in [0.2, 0.25) is 0 Å². The number of hydrogen-bond donors (Lipinski definition) is 2. The maximum Gasteiger partial charge on any atom is 0.220 e. The number of halogens is 1. The molecule has 1 aromatic carbocycles. The third-order valence-corrected chi connectivity index (χ3v) is 4.76. The largest absolute Gasteiger partial charge is 0.393 e. The van der Waals surface area contributed by atoms with Crippen molar-refractivity contribution in [2.45, 2.75) is 38.3 Å². The summed E-state index contributed by atoms with van der Waals surface area (Å²) in [6, 6.07) is 5.11. The van der Waals surface area contributed by atoms with Gasteiger partial charge in [0.05, 0.1) is 11.8 Å². The van der Waals surface area contributed by atoms with Crippen molar-refractivity contribution in [3.05, 3.63) is 29.6 Å². The topological polar surface area (TPSA) is 52.6 Å². The second-order valence-corrected chi connectivity index (χ2v) is 6.86. The Bertz CT molecular complexity index is 519. The first-order chi connectivity index (χ1) is 11.1. The quantitative estimate of drug-likeness (QED) is 0.749. The number of aliphatic hydroxyl groups is 1. The second kappa shape index (κ2) is 9.13. The van der Waals surface area contributed by atoms with Gasteiger partial charge < -0.3 is 15.3 Å². The highest BCUT2D eigenvalue weighted by Gasteiger charge is 2.19. The van der Waals surface area contributed by atoms with Gasteiger partial charge in [0.1, 0.15) is 5.82 Å². The monoisotopic (exact) mass is 340 g/mol. The molecular formula is C17H25FN2O2S. The number of aliphatic hydroxyl groups excluding tert-OH is 1. The summed E-state index contributed by atoms with van der Waals surface area (Å²) < 4.78 is 14.3. The van der Waals surface area contributed by atoms with Crippen LogP contribution in [-0.4, -0.2) is 42.2 Å². The number of carbonyl (C=O) groups is 1. The van der Waals surface area contributed by atoms with Crippen LogP contribution < -0.4 is 10.2 Å². The van der Waals surface area contributed by atoms with Crippen LogP contribution in [0.4, 0.5) is 10.1 Å². The van der Waals surface area contributed by atoms with Crippen LogP contribution in [0.25, 0.3) is 0 Å². The van der Waals surface area contributed by atoms with Crippen LogP contribution in [0.15, 0.2) is 18.2 Å². The fraction of sp³-hybridized carbons (Fsp3) is 0.588. The summed E-state index contributed by atoms with van der Waals surface area (Å²) in [5, 5.41) is 12.4. The van der Waals surface area contributed by atoms with E-state index in [0.717, 1.165) is 17.7 Å². The van der Waals surface area contributed by atoms with E-state index >= 15 is 0 Å². The van der Waals surface area contributed by atoms with Crippen LogP contribution in [0.5, 0.6) is 0 Å². The molecule has 128 valence electrons. The molecule has 0 aliphatic carbocycles. The molecule has 0 aromatic heterocycles. The van der Waals surface area contributed by atoms with Crippen molar-refractivity contribution in [3.63, 3.8) is 0 Å². The molecule has 4 nitrogen and oxygen atoms in total. The zero-order valence-electron chi connectivity index (χ0n) is 13.6. The highest BCUT2D eigenvalue weighted by atomic mass is 32.2. The first kappa shape index (κ1) is 18.1. The Kier molecular flexibility index (Phi) is 7.17. The average Bonchev–Trinajstić information content (AvgIpc) is 2.54. The van der Waals surface area contributed by atoms with E-state index in [4.69, 9.17) is 0 Å². The molecule has 6 heteroatoms. The number of carbonyl (C=O) groups excluding carboxylic acids is 1. The summed E-state index contributed by atoms with van der Waals surface area (Å²) in [5.74, 6) is 0.713. The molecule has 1 heterocycles. The van der Waals surface area contributed by atoms with E-state index in [1.54, 1.807) is 17.8 Å². The zero-order valence-corrected chi connectivity index (χ0v) is 14.4. The number of nitrogens with one attached hydrogen (secondary N) is 1. The number of piperidine rings is 1. The minimum atomic E-state index is -0.269. The minimum Gasteiger partial charge on any atom is -0.393 e. The molecule has 0 unspecified atom stereocenters. The van der Waals surface area contributed by atoms with E-state index in [1.807, 2.05) is 17.2 Å². The van der Waals surface area contributed by atoms with Crippen LogP contribution in [0.3, 0.4) is 0 Å². The molecule has 1 aromatic rings. The van der Waals surface area contributed by atoms with Crippen molar-refractivity contribution in [2.24, 2.45) is 0 Å². The Morgan fingerprint density at radius 1 is 1.43 bits per heavy atom. The summed E-state index contributed by atoms with van der Waals surface area (Å²) in [4.78, 5) is 13.6.